The van der Waals surface area contributed by atoms with E-state index in [1.165, 1.54) is 12.7 Å². The molecule has 0 aliphatic heterocycles. The van der Waals surface area contributed by atoms with Crippen molar-refractivity contribution in [2.75, 3.05) is 27.4 Å². The molecule has 1 rings (SSSR count). The Labute approximate surface area is 126 Å². The molecular weight excluding hydrogens is 270 g/mol. The van der Waals surface area contributed by atoms with Gasteiger partial charge < -0.3 is 19.9 Å². The normalized spacial score (nSPS) is 13.8. The molecule has 0 fully saturated rings. The van der Waals surface area contributed by atoms with Gasteiger partial charge in [-0.05, 0) is 30.5 Å². The van der Waals surface area contributed by atoms with Gasteiger partial charge in [0.2, 0.25) is 0 Å². The number of methoxy groups -OCH3 is 2. The van der Waals surface area contributed by atoms with Gasteiger partial charge in [-0.1, -0.05) is 18.2 Å². The zero-order valence-corrected chi connectivity index (χ0v) is 13.2. The van der Waals surface area contributed by atoms with Gasteiger partial charge in [0, 0.05) is 19.7 Å². The van der Waals surface area contributed by atoms with Crippen LogP contribution in [0.4, 0.5) is 0 Å². The summed E-state index contributed by atoms with van der Waals surface area (Å²) in [7, 11) is 2.95. The molecule has 118 valence electrons. The molecule has 2 N–H and O–H groups in total. The molecule has 0 saturated heterocycles. The summed E-state index contributed by atoms with van der Waals surface area (Å²) in [5.41, 5.74) is 3.07. The average molecular weight is 295 g/mol. The average Bonchev–Trinajstić information content (AvgIpc) is 2.48. The number of aliphatic hydroxyl groups is 1. The van der Waals surface area contributed by atoms with Gasteiger partial charge in [-0.15, -0.1) is 0 Å². The molecule has 2 unspecified atom stereocenters. The van der Waals surface area contributed by atoms with E-state index in [1.807, 2.05) is 32.0 Å². The molecule has 5 heteroatoms. The van der Waals surface area contributed by atoms with Gasteiger partial charge in [-0.3, -0.25) is 4.79 Å². The summed E-state index contributed by atoms with van der Waals surface area (Å²) in [6.07, 6.45) is -0.672. The third kappa shape index (κ3) is 5.46. The maximum absolute atomic E-state index is 11.5. The van der Waals surface area contributed by atoms with Crippen LogP contribution in [0.5, 0.6) is 0 Å². The number of hydrogen-bond donors (Lipinski definition) is 2. The number of aliphatic hydroxyl groups excluding tert-OH is 1. The van der Waals surface area contributed by atoms with Crippen LogP contribution >= 0.6 is 0 Å². The largest absolute Gasteiger partial charge is 0.469 e. The van der Waals surface area contributed by atoms with E-state index in [-0.39, 0.29) is 12.4 Å². The van der Waals surface area contributed by atoms with E-state index in [1.54, 1.807) is 7.11 Å². The second kappa shape index (κ2) is 8.77. The van der Waals surface area contributed by atoms with Crippen molar-refractivity contribution < 1.29 is 19.4 Å². The third-order valence-electron chi connectivity index (χ3n) is 3.58. The van der Waals surface area contributed by atoms with Crippen molar-refractivity contribution in [1.82, 2.24) is 5.32 Å². The second-order valence-electron chi connectivity index (χ2n) is 5.12. The van der Waals surface area contributed by atoms with E-state index in [0.29, 0.717) is 13.2 Å². The molecule has 0 aromatic heterocycles. The van der Waals surface area contributed by atoms with E-state index in [2.05, 4.69) is 5.32 Å². The Kier molecular flexibility index (Phi) is 7.36. The minimum atomic E-state index is -0.778. The Morgan fingerprint density at radius 3 is 2.57 bits per heavy atom. The zero-order chi connectivity index (χ0) is 15.8. The molecule has 0 saturated carbocycles. The fraction of sp³-hybridized carbons (Fsp3) is 0.562. The molecular formula is C16H25NO4. The number of carbonyl (C=O) groups excluding carboxylic acids is 1. The second-order valence-corrected chi connectivity index (χ2v) is 5.12. The van der Waals surface area contributed by atoms with Gasteiger partial charge in [0.15, 0.2) is 0 Å². The summed E-state index contributed by atoms with van der Waals surface area (Å²) in [5, 5.41) is 13.7. The highest BCUT2D eigenvalue weighted by molar-refractivity contribution is 5.70. The van der Waals surface area contributed by atoms with Crippen LogP contribution in [0, 0.1) is 13.8 Å². The van der Waals surface area contributed by atoms with Crippen molar-refractivity contribution in [2.45, 2.75) is 32.4 Å². The van der Waals surface area contributed by atoms with Gasteiger partial charge in [0.25, 0.3) is 0 Å². The molecule has 0 amide bonds. The van der Waals surface area contributed by atoms with Gasteiger partial charge in [0.05, 0.1) is 26.2 Å². The van der Waals surface area contributed by atoms with E-state index >= 15 is 0 Å². The fourth-order valence-corrected chi connectivity index (χ4v) is 2.09. The van der Waals surface area contributed by atoms with Crippen LogP contribution in [-0.4, -0.2) is 44.5 Å². The Morgan fingerprint density at radius 1 is 1.29 bits per heavy atom. The van der Waals surface area contributed by atoms with Crippen molar-refractivity contribution in [3.05, 3.63) is 34.9 Å². The number of rotatable bonds is 8. The van der Waals surface area contributed by atoms with Crippen LogP contribution in [0.3, 0.4) is 0 Å². The molecule has 0 heterocycles. The summed E-state index contributed by atoms with van der Waals surface area (Å²) in [6.45, 7) is 5.09. The van der Waals surface area contributed by atoms with Crippen molar-refractivity contribution in [3.63, 3.8) is 0 Å². The van der Waals surface area contributed by atoms with Crippen LogP contribution in [0.25, 0.3) is 0 Å². The summed E-state index contributed by atoms with van der Waals surface area (Å²) in [4.78, 5) is 11.5. The highest BCUT2D eigenvalue weighted by atomic mass is 16.5. The molecule has 2 atom stereocenters. The maximum Gasteiger partial charge on any atom is 0.307 e. The van der Waals surface area contributed by atoms with Crippen LogP contribution in [0.15, 0.2) is 18.2 Å². The lowest BCUT2D eigenvalue weighted by atomic mass is 9.96. The van der Waals surface area contributed by atoms with Crippen LogP contribution in [-0.2, 0) is 14.3 Å². The summed E-state index contributed by atoms with van der Waals surface area (Å²) < 4.78 is 9.68. The van der Waals surface area contributed by atoms with Crippen molar-refractivity contribution >= 4 is 5.97 Å². The number of nitrogens with one attached hydrogen (secondary N) is 1. The predicted octanol–water partition coefficient (Wildman–Crippen LogP) is 1.50. The molecule has 0 bridgehead atoms. The summed E-state index contributed by atoms with van der Waals surface area (Å²) >= 11 is 0. The highest BCUT2D eigenvalue weighted by Crippen LogP contribution is 2.22. The molecule has 0 aliphatic carbocycles. The number of esters is 1. The van der Waals surface area contributed by atoms with Crippen molar-refractivity contribution in [1.29, 1.82) is 0 Å². The Bertz CT molecular complexity index is 462. The zero-order valence-electron chi connectivity index (χ0n) is 13.2. The Hall–Kier alpha value is -1.43. The molecule has 1 aromatic carbocycles. The van der Waals surface area contributed by atoms with Gasteiger partial charge >= 0.3 is 5.97 Å². The lowest BCUT2D eigenvalue weighted by Gasteiger charge is -2.24. The van der Waals surface area contributed by atoms with Gasteiger partial charge in [-0.2, -0.15) is 0 Å². The van der Waals surface area contributed by atoms with E-state index in [0.717, 1.165) is 11.1 Å². The molecule has 5 nitrogen and oxygen atoms in total. The molecule has 21 heavy (non-hydrogen) atoms. The molecule has 0 spiro atoms. The summed E-state index contributed by atoms with van der Waals surface area (Å²) in [5.74, 6) is -0.354. The van der Waals surface area contributed by atoms with E-state index in [4.69, 9.17) is 9.47 Å². The van der Waals surface area contributed by atoms with Gasteiger partial charge in [0.1, 0.15) is 0 Å². The van der Waals surface area contributed by atoms with Crippen molar-refractivity contribution in [2.24, 2.45) is 0 Å². The number of hydrogen-bond acceptors (Lipinski definition) is 5. The monoisotopic (exact) mass is 295 g/mol. The Morgan fingerprint density at radius 2 is 2.00 bits per heavy atom. The molecule has 0 aliphatic rings. The van der Waals surface area contributed by atoms with Crippen LogP contribution in [0.1, 0.15) is 29.2 Å². The minimum absolute atomic E-state index is 0.105. The predicted molar refractivity (Wildman–Crippen MR) is 81.2 cm³/mol. The van der Waals surface area contributed by atoms with Crippen LogP contribution in [0.2, 0.25) is 0 Å². The first-order chi connectivity index (χ1) is 9.99. The third-order valence-corrected chi connectivity index (χ3v) is 3.58. The lowest BCUT2D eigenvalue weighted by molar-refractivity contribution is -0.142. The molecule has 0 radical (unpaired) electrons. The quantitative estimate of drug-likeness (QED) is 0.562. The first-order valence-corrected chi connectivity index (χ1v) is 7.04. The van der Waals surface area contributed by atoms with E-state index < -0.39 is 12.1 Å². The van der Waals surface area contributed by atoms with Crippen molar-refractivity contribution in [3.8, 4) is 0 Å². The number of carbonyl (C=O) groups is 1. The topological polar surface area (TPSA) is 67.8 Å². The smallest absolute Gasteiger partial charge is 0.307 e. The van der Waals surface area contributed by atoms with E-state index in [9.17, 15) is 9.90 Å². The van der Waals surface area contributed by atoms with Crippen LogP contribution < -0.4 is 5.32 Å². The lowest BCUT2D eigenvalue weighted by Crippen LogP contribution is -2.39. The highest BCUT2D eigenvalue weighted by Gasteiger charge is 2.24. The molecule has 1 aromatic rings. The standard InChI is InChI=1S/C16H25NO4/c1-11-5-6-13(9-12(11)2)16(19)14(10-15(18)21-4)17-7-8-20-3/h5-6,9,14,16-17,19H,7-8,10H2,1-4H3. The number of aryl methyl sites for hydroxylation is 2. The number of benzene rings is 1. The number of ether oxygens (including phenoxy) is 2. The first-order valence-electron chi connectivity index (χ1n) is 7.04. The van der Waals surface area contributed by atoms with Gasteiger partial charge in [-0.25, -0.2) is 0 Å². The fourth-order valence-electron chi connectivity index (χ4n) is 2.09. The first kappa shape index (κ1) is 17.6. The summed E-state index contributed by atoms with van der Waals surface area (Å²) in [6, 6.07) is 5.39. The maximum atomic E-state index is 11.5. The SMILES string of the molecule is COCCNC(CC(=O)OC)C(O)c1ccc(C)c(C)c1. The Balaban J connectivity index is 2.83. The minimum Gasteiger partial charge on any atom is -0.469 e.